The van der Waals surface area contributed by atoms with Crippen molar-refractivity contribution in [2.24, 2.45) is 0 Å². The second-order valence-corrected chi connectivity index (χ2v) is 4.57. The third kappa shape index (κ3) is 3.04. The lowest BCUT2D eigenvalue weighted by molar-refractivity contribution is 0.764. The Morgan fingerprint density at radius 3 is 2.33 bits per heavy atom. The zero-order valence-corrected chi connectivity index (χ0v) is 10.9. The van der Waals surface area contributed by atoms with Crippen LogP contribution in [0, 0.1) is 20.8 Å². The minimum Gasteiger partial charge on any atom is -0.254 e. The highest BCUT2D eigenvalue weighted by Gasteiger charge is 2.03. The second-order valence-electron chi connectivity index (χ2n) is 4.57. The molecule has 0 N–H and O–H groups in total. The number of benzene rings is 1. The Morgan fingerprint density at radius 2 is 1.72 bits per heavy atom. The Morgan fingerprint density at radius 1 is 1.06 bits per heavy atom. The number of hydrogen-bond donors (Lipinski definition) is 0. The maximum Gasteiger partial charge on any atom is 0.132 e. The second kappa shape index (κ2) is 5.13. The lowest BCUT2D eigenvalue weighted by Gasteiger charge is -2.03. The molecule has 0 aliphatic rings. The molecule has 0 atom stereocenters. The maximum absolute atomic E-state index is 14.1. The predicted molar refractivity (Wildman–Crippen MR) is 73.9 cm³/mol. The van der Waals surface area contributed by atoms with Crippen molar-refractivity contribution in [1.29, 1.82) is 0 Å². The van der Waals surface area contributed by atoms with E-state index in [2.05, 4.69) is 4.98 Å². The van der Waals surface area contributed by atoms with E-state index in [9.17, 15) is 4.39 Å². The summed E-state index contributed by atoms with van der Waals surface area (Å²) in [4.78, 5) is 4.27. The Balaban J connectivity index is 2.38. The Labute approximate surface area is 107 Å². The van der Waals surface area contributed by atoms with Gasteiger partial charge >= 0.3 is 0 Å². The van der Waals surface area contributed by atoms with Crippen molar-refractivity contribution in [2.45, 2.75) is 20.8 Å². The fourth-order valence-electron chi connectivity index (χ4n) is 1.97. The molecule has 0 saturated carbocycles. The number of rotatable bonds is 2. The number of hydrogen-bond acceptors (Lipinski definition) is 1. The highest BCUT2D eigenvalue weighted by molar-refractivity contribution is 5.76. The van der Waals surface area contributed by atoms with Crippen LogP contribution >= 0.6 is 0 Å². The predicted octanol–water partition coefficient (Wildman–Crippen LogP) is 4.47. The quantitative estimate of drug-likeness (QED) is 0.755. The zero-order chi connectivity index (χ0) is 13.1. The first kappa shape index (κ1) is 12.5. The smallest absolute Gasteiger partial charge is 0.132 e. The molecule has 0 amide bonds. The molecular formula is C16H16FN. The number of halogens is 1. The molecule has 0 unspecified atom stereocenters. The first-order chi connectivity index (χ1) is 8.54. The minimum atomic E-state index is -0.250. The summed E-state index contributed by atoms with van der Waals surface area (Å²) in [6.45, 7) is 5.83. The first-order valence-electron chi connectivity index (χ1n) is 5.94. The van der Waals surface area contributed by atoms with Gasteiger partial charge in [0.25, 0.3) is 0 Å². The van der Waals surface area contributed by atoms with Crippen LogP contribution < -0.4 is 0 Å². The van der Waals surface area contributed by atoms with Crippen LogP contribution in [0.1, 0.15) is 28.1 Å². The molecule has 0 spiro atoms. The highest BCUT2D eigenvalue weighted by Crippen LogP contribution is 2.21. The normalized spacial score (nSPS) is 11.7. The molecule has 92 valence electrons. The molecule has 18 heavy (non-hydrogen) atoms. The van der Waals surface area contributed by atoms with Crippen LogP contribution in [0.25, 0.3) is 11.9 Å². The molecule has 1 heterocycles. The zero-order valence-electron chi connectivity index (χ0n) is 10.9. The number of pyridine rings is 1. The molecule has 1 aromatic carbocycles. The molecule has 0 radical (unpaired) electrons. The highest BCUT2D eigenvalue weighted by atomic mass is 19.1. The summed E-state index contributed by atoms with van der Waals surface area (Å²) in [5.41, 5.74) is 4.26. The molecule has 2 rings (SSSR count). The molecule has 2 aromatic rings. The van der Waals surface area contributed by atoms with Gasteiger partial charge in [-0.3, -0.25) is 4.98 Å². The topological polar surface area (TPSA) is 12.9 Å². The molecule has 1 aromatic heterocycles. The Bertz CT molecular complexity index is 580. The Kier molecular flexibility index (Phi) is 3.56. The van der Waals surface area contributed by atoms with Crippen LogP contribution in [0.4, 0.5) is 4.39 Å². The molecule has 1 nitrogen and oxygen atoms in total. The van der Waals surface area contributed by atoms with E-state index in [1.165, 1.54) is 6.08 Å². The van der Waals surface area contributed by atoms with Crippen molar-refractivity contribution in [1.82, 2.24) is 4.98 Å². The molecular weight excluding hydrogens is 225 g/mol. The van der Waals surface area contributed by atoms with Gasteiger partial charge in [0.1, 0.15) is 5.83 Å². The van der Waals surface area contributed by atoms with Gasteiger partial charge in [0.15, 0.2) is 0 Å². The summed E-state index contributed by atoms with van der Waals surface area (Å²) < 4.78 is 14.1. The Hall–Kier alpha value is -1.96. The van der Waals surface area contributed by atoms with Gasteiger partial charge in [0.2, 0.25) is 0 Å². The van der Waals surface area contributed by atoms with Crippen LogP contribution in [0.3, 0.4) is 0 Å². The van der Waals surface area contributed by atoms with Gasteiger partial charge in [-0.2, -0.15) is 0 Å². The van der Waals surface area contributed by atoms with Crippen LogP contribution in [0.15, 0.2) is 36.4 Å². The summed E-state index contributed by atoms with van der Waals surface area (Å²) in [6, 6.07) is 11.3. The third-order valence-electron chi connectivity index (χ3n) is 2.68. The fourth-order valence-corrected chi connectivity index (χ4v) is 1.97. The molecule has 0 bridgehead atoms. The molecule has 2 heteroatoms. The van der Waals surface area contributed by atoms with Gasteiger partial charge in [0, 0.05) is 17.3 Å². The number of aryl methyl sites for hydroxylation is 3. The van der Waals surface area contributed by atoms with Gasteiger partial charge in [0.05, 0.1) is 5.69 Å². The van der Waals surface area contributed by atoms with Gasteiger partial charge < -0.3 is 0 Å². The van der Waals surface area contributed by atoms with E-state index in [0.717, 1.165) is 16.8 Å². The SMILES string of the molecule is Cc1cc(C)cc(/C(F)=C/c2cccc(C)n2)c1. The van der Waals surface area contributed by atoms with Crippen LogP contribution in [-0.4, -0.2) is 4.98 Å². The summed E-state index contributed by atoms with van der Waals surface area (Å²) >= 11 is 0. The summed E-state index contributed by atoms with van der Waals surface area (Å²) in [6.07, 6.45) is 1.47. The molecule has 0 aliphatic carbocycles. The van der Waals surface area contributed by atoms with Crippen LogP contribution in [0.2, 0.25) is 0 Å². The van der Waals surface area contributed by atoms with E-state index in [-0.39, 0.29) is 5.83 Å². The van der Waals surface area contributed by atoms with Crippen molar-refractivity contribution in [2.75, 3.05) is 0 Å². The molecule has 0 saturated heterocycles. The minimum absolute atomic E-state index is 0.250. The van der Waals surface area contributed by atoms with Gasteiger partial charge in [-0.15, -0.1) is 0 Å². The van der Waals surface area contributed by atoms with Gasteiger partial charge in [-0.1, -0.05) is 23.3 Å². The number of aromatic nitrogens is 1. The van der Waals surface area contributed by atoms with E-state index < -0.39 is 0 Å². The lowest BCUT2D eigenvalue weighted by atomic mass is 10.1. The van der Waals surface area contributed by atoms with Crippen molar-refractivity contribution in [3.8, 4) is 0 Å². The summed E-state index contributed by atoms with van der Waals surface area (Å²) in [5, 5.41) is 0. The van der Waals surface area contributed by atoms with Gasteiger partial charge in [-0.05, 0) is 45.0 Å². The monoisotopic (exact) mass is 241 g/mol. The van der Waals surface area contributed by atoms with Crippen LogP contribution in [0.5, 0.6) is 0 Å². The van der Waals surface area contributed by atoms with E-state index >= 15 is 0 Å². The van der Waals surface area contributed by atoms with E-state index in [1.807, 2.05) is 51.1 Å². The lowest BCUT2D eigenvalue weighted by Crippen LogP contribution is -1.87. The van der Waals surface area contributed by atoms with E-state index in [1.54, 1.807) is 6.07 Å². The standard InChI is InChI=1S/C16H16FN/c1-11-7-12(2)9-14(8-11)16(17)10-15-6-4-5-13(3)18-15/h4-10H,1-3H3/b16-10-. The van der Waals surface area contributed by atoms with Gasteiger partial charge in [-0.25, -0.2) is 4.39 Å². The van der Waals surface area contributed by atoms with Crippen molar-refractivity contribution >= 4 is 11.9 Å². The summed E-state index contributed by atoms with van der Waals surface area (Å²) in [5.74, 6) is -0.250. The average Bonchev–Trinajstić information content (AvgIpc) is 2.27. The maximum atomic E-state index is 14.1. The van der Waals surface area contributed by atoms with Crippen LogP contribution in [-0.2, 0) is 0 Å². The van der Waals surface area contributed by atoms with E-state index in [4.69, 9.17) is 0 Å². The fraction of sp³-hybridized carbons (Fsp3) is 0.188. The molecule has 0 fully saturated rings. The van der Waals surface area contributed by atoms with E-state index in [0.29, 0.717) is 11.3 Å². The number of nitrogens with zero attached hydrogens (tertiary/aromatic N) is 1. The molecule has 0 aliphatic heterocycles. The van der Waals surface area contributed by atoms with Crippen molar-refractivity contribution in [3.63, 3.8) is 0 Å². The third-order valence-corrected chi connectivity index (χ3v) is 2.68. The first-order valence-corrected chi connectivity index (χ1v) is 5.94. The average molecular weight is 241 g/mol. The van der Waals surface area contributed by atoms with Crippen molar-refractivity contribution < 1.29 is 4.39 Å². The largest absolute Gasteiger partial charge is 0.254 e. The summed E-state index contributed by atoms with van der Waals surface area (Å²) in [7, 11) is 0. The van der Waals surface area contributed by atoms with Crippen molar-refractivity contribution in [3.05, 3.63) is 64.5 Å².